The number of aryl methyl sites for hydroxylation is 2. The number of nitrogens with zero attached hydrogens (tertiary/aromatic N) is 2. The van der Waals surface area contributed by atoms with Crippen LogP contribution in [0.2, 0.25) is 0 Å². The standard InChI is InChI=1S/C25H31N3O4/c1-3-18-8-7-9-19(4-2)24(18)26-23(29)17-28-16-22(25(30)27-12-14-31-15-13-27)32-21-11-6-5-10-20(21)28/h5-11,22H,3-4,12-17H2,1-2H3,(H,26,29)/t22-/m1/s1. The molecule has 0 bridgehead atoms. The van der Waals surface area contributed by atoms with Gasteiger partial charge in [0.25, 0.3) is 5.91 Å². The summed E-state index contributed by atoms with van der Waals surface area (Å²) in [6, 6.07) is 13.7. The predicted molar refractivity (Wildman–Crippen MR) is 124 cm³/mol. The summed E-state index contributed by atoms with van der Waals surface area (Å²) >= 11 is 0. The van der Waals surface area contributed by atoms with Crippen LogP contribution < -0.4 is 15.0 Å². The van der Waals surface area contributed by atoms with Crippen LogP contribution in [0.1, 0.15) is 25.0 Å². The van der Waals surface area contributed by atoms with Gasteiger partial charge in [-0.2, -0.15) is 0 Å². The summed E-state index contributed by atoms with van der Waals surface area (Å²) in [6.07, 6.45) is 1.05. The molecule has 1 saturated heterocycles. The number of carbonyl (C=O) groups excluding carboxylic acids is 2. The van der Waals surface area contributed by atoms with E-state index < -0.39 is 6.10 Å². The molecule has 2 aromatic rings. The van der Waals surface area contributed by atoms with Gasteiger partial charge in [-0.3, -0.25) is 9.59 Å². The maximum absolute atomic E-state index is 13.1. The highest BCUT2D eigenvalue weighted by atomic mass is 16.5. The van der Waals surface area contributed by atoms with Crippen molar-refractivity contribution in [3.8, 4) is 5.75 Å². The van der Waals surface area contributed by atoms with E-state index in [0.29, 0.717) is 38.6 Å². The zero-order chi connectivity index (χ0) is 22.5. The van der Waals surface area contributed by atoms with Gasteiger partial charge in [-0.15, -0.1) is 0 Å². The molecule has 4 rings (SSSR count). The first-order valence-electron chi connectivity index (χ1n) is 11.4. The van der Waals surface area contributed by atoms with Gasteiger partial charge in [0.1, 0.15) is 5.75 Å². The number of morpholine rings is 1. The SMILES string of the molecule is CCc1cccc(CC)c1NC(=O)CN1C[C@H](C(=O)N2CCOCC2)Oc2ccccc21. The number of hydrogen-bond acceptors (Lipinski definition) is 5. The summed E-state index contributed by atoms with van der Waals surface area (Å²) in [6.45, 7) is 6.86. The highest BCUT2D eigenvalue weighted by molar-refractivity contribution is 5.96. The summed E-state index contributed by atoms with van der Waals surface area (Å²) < 4.78 is 11.4. The second kappa shape index (κ2) is 10.0. The monoisotopic (exact) mass is 437 g/mol. The zero-order valence-corrected chi connectivity index (χ0v) is 18.8. The van der Waals surface area contributed by atoms with Crippen molar-refractivity contribution in [2.75, 3.05) is 49.6 Å². The zero-order valence-electron chi connectivity index (χ0n) is 18.8. The number of fused-ring (bicyclic) bond motifs is 1. The number of rotatable bonds is 6. The number of anilines is 2. The van der Waals surface area contributed by atoms with Crippen molar-refractivity contribution in [1.29, 1.82) is 0 Å². The van der Waals surface area contributed by atoms with Crippen LogP contribution in [0, 0.1) is 0 Å². The Kier molecular flexibility index (Phi) is 6.95. The van der Waals surface area contributed by atoms with Gasteiger partial charge >= 0.3 is 0 Å². The molecule has 0 unspecified atom stereocenters. The van der Waals surface area contributed by atoms with E-state index in [1.54, 1.807) is 4.90 Å². The molecule has 0 radical (unpaired) electrons. The lowest BCUT2D eigenvalue weighted by Crippen LogP contribution is -2.53. The Bertz CT molecular complexity index is 949. The Morgan fingerprint density at radius 3 is 2.38 bits per heavy atom. The molecule has 2 heterocycles. The quantitative estimate of drug-likeness (QED) is 0.753. The molecule has 0 aromatic heterocycles. The molecular formula is C25H31N3O4. The first-order valence-corrected chi connectivity index (χ1v) is 11.4. The van der Waals surface area contributed by atoms with Gasteiger partial charge in [0.2, 0.25) is 5.91 Å². The van der Waals surface area contributed by atoms with E-state index in [1.165, 1.54) is 0 Å². The number of ether oxygens (including phenoxy) is 2. The van der Waals surface area contributed by atoms with Crippen molar-refractivity contribution in [3.63, 3.8) is 0 Å². The minimum atomic E-state index is -0.648. The minimum absolute atomic E-state index is 0.0576. The molecule has 170 valence electrons. The molecule has 32 heavy (non-hydrogen) atoms. The van der Waals surface area contributed by atoms with Crippen LogP contribution in [0.15, 0.2) is 42.5 Å². The van der Waals surface area contributed by atoms with Crippen LogP contribution in [-0.4, -0.2) is 62.2 Å². The van der Waals surface area contributed by atoms with E-state index >= 15 is 0 Å². The molecule has 2 aliphatic heterocycles. The third-order valence-corrected chi connectivity index (χ3v) is 6.06. The number of carbonyl (C=O) groups is 2. The van der Waals surface area contributed by atoms with Crippen LogP contribution in [0.4, 0.5) is 11.4 Å². The van der Waals surface area contributed by atoms with Gasteiger partial charge in [0.15, 0.2) is 6.10 Å². The molecule has 1 N–H and O–H groups in total. The Labute approximate surface area is 189 Å². The maximum atomic E-state index is 13.1. The number of benzene rings is 2. The topological polar surface area (TPSA) is 71.1 Å². The minimum Gasteiger partial charge on any atom is -0.477 e. The maximum Gasteiger partial charge on any atom is 0.265 e. The molecular weight excluding hydrogens is 406 g/mol. The van der Waals surface area contributed by atoms with Crippen LogP contribution in [0.3, 0.4) is 0 Å². The molecule has 1 fully saturated rings. The summed E-state index contributed by atoms with van der Waals surface area (Å²) in [5.74, 6) is 0.467. The molecule has 2 aromatic carbocycles. The van der Waals surface area contributed by atoms with Gasteiger partial charge in [0.05, 0.1) is 32.0 Å². The lowest BCUT2D eigenvalue weighted by atomic mass is 10.0. The van der Waals surface area contributed by atoms with Gasteiger partial charge in [-0.05, 0) is 36.1 Å². The second-order valence-electron chi connectivity index (χ2n) is 8.10. The molecule has 0 aliphatic carbocycles. The summed E-state index contributed by atoms with van der Waals surface area (Å²) in [7, 11) is 0. The normalized spacial score (nSPS) is 18.0. The summed E-state index contributed by atoms with van der Waals surface area (Å²) in [5, 5.41) is 3.13. The van der Waals surface area contributed by atoms with Crippen LogP contribution in [0.5, 0.6) is 5.75 Å². The van der Waals surface area contributed by atoms with Crippen LogP contribution in [0.25, 0.3) is 0 Å². The fourth-order valence-electron chi connectivity index (χ4n) is 4.33. The van der Waals surface area contributed by atoms with Crippen LogP contribution in [-0.2, 0) is 27.2 Å². The Balaban J connectivity index is 1.52. The largest absolute Gasteiger partial charge is 0.477 e. The van der Waals surface area contributed by atoms with Gasteiger partial charge in [-0.25, -0.2) is 0 Å². The average molecular weight is 438 g/mol. The first kappa shape index (κ1) is 22.1. The third kappa shape index (κ3) is 4.72. The lowest BCUT2D eigenvalue weighted by molar-refractivity contribution is -0.142. The van der Waals surface area contributed by atoms with E-state index in [1.807, 2.05) is 35.2 Å². The molecule has 1 atom stereocenters. The Morgan fingerprint density at radius 1 is 1.00 bits per heavy atom. The smallest absolute Gasteiger partial charge is 0.265 e. The predicted octanol–water partition coefficient (Wildman–Crippen LogP) is 2.88. The number of nitrogens with one attached hydrogen (secondary N) is 1. The van der Waals surface area contributed by atoms with Gasteiger partial charge in [-0.1, -0.05) is 44.2 Å². The third-order valence-electron chi connectivity index (χ3n) is 6.06. The van der Waals surface area contributed by atoms with E-state index in [2.05, 4.69) is 31.3 Å². The first-order chi connectivity index (χ1) is 15.6. The molecule has 2 amide bonds. The van der Waals surface area contributed by atoms with E-state index in [-0.39, 0.29) is 18.4 Å². The lowest BCUT2D eigenvalue weighted by Gasteiger charge is -2.38. The van der Waals surface area contributed by atoms with Crippen molar-refractivity contribution in [3.05, 3.63) is 53.6 Å². The molecule has 0 saturated carbocycles. The highest BCUT2D eigenvalue weighted by Crippen LogP contribution is 2.33. The van der Waals surface area contributed by atoms with Crippen molar-refractivity contribution in [2.45, 2.75) is 32.8 Å². The molecule has 7 heteroatoms. The van der Waals surface area contributed by atoms with Crippen molar-refractivity contribution in [2.24, 2.45) is 0 Å². The Hall–Kier alpha value is -3.06. The highest BCUT2D eigenvalue weighted by Gasteiger charge is 2.34. The van der Waals surface area contributed by atoms with Crippen molar-refractivity contribution in [1.82, 2.24) is 4.90 Å². The van der Waals surface area contributed by atoms with E-state index in [0.717, 1.165) is 35.3 Å². The molecule has 2 aliphatic rings. The summed E-state index contributed by atoms with van der Waals surface area (Å²) in [4.78, 5) is 29.9. The molecule has 0 spiro atoms. The molecule has 7 nitrogen and oxygen atoms in total. The number of para-hydroxylation sites is 3. The fraction of sp³-hybridized carbons (Fsp3) is 0.440. The summed E-state index contributed by atoms with van der Waals surface area (Å²) in [5.41, 5.74) is 3.99. The Morgan fingerprint density at radius 2 is 1.69 bits per heavy atom. The average Bonchev–Trinajstić information content (AvgIpc) is 2.84. The fourth-order valence-corrected chi connectivity index (χ4v) is 4.33. The number of amides is 2. The number of hydrogen-bond donors (Lipinski definition) is 1. The van der Waals surface area contributed by atoms with Gasteiger partial charge < -0.3 is 24.6 Å². The van der Waals surface area contributed by atoms with Crippen molar-refractivity contribution >= 4 is 23.2 Å². The van der Waals surface area contributed by atoms with E-state index in [4.69, 9.17) is 9.47 Å². The van der Waals surface area contributed by atoms with E-state index in [9.17, 15) is 9.59 Å². The second-order valence-corrected chi connectivity index (χ2v) is 8.10. The van der Waals surface area contributed by atoms with Crippen LogP contribution >= 0.6 is 0 Å². The van der Waals surface area contributed by atoms with Crippen molar-refractivity contribution < 1.29 is 19.1 Å². The van der Waals surface area contributed by atoms with Gasteiger partial charge in [0, 0.05) is 18.8 Å².